The van der Waals surface area contributed by atoms with Crippen molar-refractivity contribution in [2.75, 3.05) is 13.2 Å². The molecule has 0 atom stereocenters. The molecule has 0 N–H and O–H groups in total. The SMILES string of the molecule is CCOC(=O)C(Cc1cc(-c2cccnc2)ccc1OCc1ccccc1)C(=O)OCC. The molecule has 0 bridgehead atoms. The molecule has 6 heteroatoms. The summed E-state index contributed by atoms with van der Waals surface area (Å²) in [5, 5.41) is 0. The van der Waals surface area contributed by atoms with Crippen molar-refractivity contribution in [1.29, 1.82) is 0 Å². The van der Waals surface area contributed by atoms with E-state index in [1.54, 1.807) is 26.2 Å². The Kier molecular flexibility index (Phi) is 8.37. The summed E-state index contributed by atoms with van der Waals surface area (Å²) in [4.78, 5) is 29.2. The molecule has 3 rings (SSSR count). The van der Waals surface area contributed by atoms with Crippen LogP contribution >= 0.6 is 0 Å². The fourth-order valence-electron chi connectivity index (χ4n) is 3.30. The summed E-state index contributed by atoms with van der Waals surface area (Å²) in [6, 6.07) is 19.3. The lowest BCUT2D eigenvalue weighted by atomic mass is 9.95. The summed E-state index contributed by atoms with van der Waals surface area (Å²) in [5.74, 6) is -1.68. The van der Waals surface area contributed by atoms with Gasteiger partial charge in [-0.15, -0.1) is 0 Å². The molecule has 1 heterocycles. The van der Waals surface area contributed by atoms with Crippen molar-refractivity contribution in [2.45, 2.75) is 26.9 Å². The second kappa shape index (κ2) is 11.6. The Hall–Kier alpha value is -3.67. The summed E-state index contributed by atoms with van der Waals surface area (Å²) in [5.41, 5.74) is 3.56. The lowest BCUT2D eigenvalue weighted by Crippen LogP contribution is -2.30. The third-order valence-electron chi connectivity index (χ3n) is 4.86. The molecular formula is C26H27NO5. The number of hydrogen-bond acceptors (Lipinski definition) is 6. The maximum Gasteiger partial charge on any atom is 0.320 e. The third kappa shape index (κ3) is 6.17. The topological polar surface area (TPSA) is 74.7 Å². The van der Waals surface area contributed by atoms with E-state index >= 15 is 0 Å². The van der Waals surface area contributed by atoms with Crippen LogP contribution in [0.5, 0.6) is 5.75 Å². The van der Waals surface area contributed by atoms with E-state index in [1.807, 2.05) is 60.7 Å². The number of benzene rings is 2. The van der Waals surface area contributed by atoms with Gasteiger partial charge < -0.3 is 14.2 Å². The van der Waals surface area contributed by atoms with E-state index in [0.29, 0.717) is 17.9 Å². The highest BCUT2D eigenvalue weighted by Crippen LogP contribution is 2.29. The summed E-state index contributed by atoms with van der Waals surface area (Å²) in [6.45, 7) is 4.14. The first kappa shape index (κ1) is 23.0. The number of ether oxygens (including phenoxy) is 3. The number of aromatic nitrogens is 1. The van der Waals surface area contributed by atoms with Gasteiger partial charge >= 0.3 is 11.9 Å². The van der Waals surface area contributed by atoms with E-state index in [9.17, 15) is 9.59 Å². The van der Waals surface area contributed by atoms with E-state index in [2.05, 4.69) is 4.98 Å². The molecule has 1 aromatic heterocycles. The van der Waals surface area contributed by atoms with Crippen molar-refractivity contribution in [3.05, 3.63) is 84.2 Å². The Bertz CT molecular complexity index is 1000. The van der Waals surface area contributed by atoms with Crippen LogP contribution in [-0.2, 0) is 32.1 Å². The van der Waals surface area contributed by atoms with Crippen molar-refractivity contribution < 1.29 is 23.8 Å². The molecule has 0 fully saturated rings. The third-order valence-corrected chi connectivity index (χ3v) is 4.86. The lowest BCUT2D eigenvalue weighted by Gasteiger charge is -2.18. The molecule has 0 aliphatic rings. The molecule has 0 spiro atoms. The largest absolute Gasteiger partial charge is 0.489 e. The Labute approximate surface area is 188 Å². The van der Waals surface area contributed by atoms with E-state index in [-0.39, 0.29) is 19.6 Å². The molecule has 32 heavy (non-hydrogen) atoms. The molecule has 0 aliphatic heterocycles. The molecule has 0 saturated carbocycles. The summed E-state index contributed by atoms with van der Waals surface area (Å²) < 4.78 is 16.3. The maximum atomic E-state index is 12.5. The number of esters is 2. The van der Waals surface area contributed by atoms with Gasteiger partial charge in [0.05, 0.1) is 13.2 Å². The predicted molar refractivity (Wildman–Crippen MR) is 121 cm³/mol. The van der Waals surface area contributed by atoms with Crippen LogP contribution < -0.4 is 4.74 Å². The highest BCUT2D eigenvalue weighted by atomic mass is 16.6. The van der Waals surface area contributed by atoms with Crippen LogP contribution in [-0.4, -0.2) is 30.1 Å². The Morgan fingerprint density at radius 1 is 0.875 bits per heavy atom. The molecule has 0 saturated heterocycles. The number of nitrogens with zero attached hydrogens (tertiary/aromatic N) is 1. The van der Waals surface area contributed by atoms with Crippen molar-refractivity contribution in [3.8, 4) is 16.9 Å². The van der Waals surface area contributed by atoms with Crippen molar-refractivity contribution in [1.82, 2.24) is 4.98 Å². The van der Waals surface area contributed by atoms with Crippen LogP contribution in [0.4, 0.5) is 0 Å². The summed E-state index contributed by atoms with van der Waals surface area (Å²) in [7, 11) is 0. The van der Waals surface area contributed by atoms with Crippen LogP contribution in [0.1, 0.15) is 25.0 Å². The Morgan fingerprint density at radius 2 is 1.59 bits per heavy atom. The monoisotopic (exact) mass is 433 g/mol. The molecule has 0 unspecified atom stereocenters. The zero-order valence-electron chi connectivity index (χ0n) is 18.3. The number of pyridine rings is 1. The molecule has 0 aliphatic carbocycles. The van der Waals surface area contributed by atoms with Gasteiger partial charge in [0.25, 0.3) is 0 Å². The van der Waals surface area contributed by atoms with Crippen molar-refractivity contribution in [3.63, 3.8) is 0 Å². The van der Waals surface area contributed by atoms with Gasteiger partial charge in [-0.1, -0.05) is 42.5 Å². The first-order valence-corrected chi connectivity index (χ1v) is 10.7. The molecule has 6 nitrogen and oxygen atoms in total. The van der Waals surface area contributed by atoms with Crippen molar-refractivity contribution in [2.24, 2.45) is 5.92 Å². The highest BCUT2D eigenvalue weighted by Gasteiger charge is 2.31. The van der Waals surface area contributed by atoms with Gasteiger partial charge in [0.2, 0.25) is 0 Å². The van der Waals surface area contributed by atoms with Gasteiger partial charge in [0.1, 0.15) is 12.4 Å². The number of hydrogen-bond donors (Lipinski definition) is 0. The van der Waals surface area contributed by atoms with E-state index in [4.69, 9.17) is 14.2 Å². The van der Waals surface area contributed by atoms with Gasteiger partial charge in [0.15, 0.2) is 5.92 Å². The lowest BCUT2D eigenvalue weighted by molar-refractivity contribution is -0.161. The first-order chi connectivity index (χ1) is 15.6. The van der Waals surface area contributed by atoms with Crippen LogP contribution in [0.2, 0.25) is 0 Å². The van der Waals surface area contributed by atoms with E-state index < -0.39 is 17.9 Å². The summed E-state index contributed by atoms with van der Waals surface area (Å²) >= 11 is 0. The molecule has 0 amide bonds. The highest BCUT2D eigenvalue weighted by molar-refractivity contribution is 5.95. The Morgan fingerprint density at radius 3 is 2.22 bits per heavy atom. The second-order valence-electron chi connectivity index (χ2n) is 7.10. The van der Waals surface area contributed by atoms with Gasteiger partial charge in [-0.05, 0) is 55.2 Å². The van der Waals surface area contributed by atoms with Gasteiger partial charge in [0, 0.05) is 18.0 Å². The van der Waals surface area contributed by atoms with E-state index in [0.717, 1.165) is 16.7 Å². The Balaban J connectivity index is 1.94. The average Bonchev–Trinajstić information content (AvgIpc) is 2.83. The number of carbonyl (C=O) groups excluding carboxylic acids is 2. The molecule has 3 aromatic rings. The number of carbonyl (C=O) groups is 2. The average molecular weight is 434 g/mol. The van der Waals surface area contributed by atoms with Crippen molar-refractivity contribution >= 4 is 11.9 Å². The molecule has 0 radical (unpaired) electrons. The quantitative estimate of drug-likeness (QED) is 0.343. The maximum absolute atomic E-state index is 12.5. The van der Waals surface area contributed by atoms with Crippen LogP contribution in [0.25, 0.3) is 11.1 Å². The fraction of sp³-hybridized carbons (Fsp3) is 0.269. The minimum absolute atomic E-state index is 0.107. The summed E-state index contributed by atoms with van der Waals surface area (Å²) in [6.07, 6.45) is 3.58. The van der Waals surface area contributed by atoms with Crippen LogP contribution in [0, 0.1) is 5.92 Å². The zero-order valence-corrected chi connectivity index (χ0v) is 18.3. The standard InChI is InChI=1S/C26H27NO5/c1-3-30-25(28)23(26(29)31-4-2)16-22-15-20(21-11-8-14-27-17-21)12-13-24(22)32-18-19-9-6-5-7-10-19/h5-15,17,23H,3-4,16,18H2,1-2H3. The predicted octanol–water partition coefficient (Wildman–Crippen LogP) is 4.61. The molecule has 2 aromatic carbocycles. The second-order valence-corrected chi connectivity index (χ2v) is 7.10. The normalized spacial score (nSPS) is 10.6. The fourth-order valence-corrected chi connectivity index (χ4v) is 3.30. The van der Waals surface area contributed by atoms with Gasteiger partial charge in [-0.2, -0.15) is 0 Å². The van der Waals surface area contributed by atoms with Gasteiger partial charge in [-0.3, -0.25) is 14.6 Å². The minimum Gasteiger partial charge on any atom is -0.489 e. The smallest absolute Gasteiger partial charge is 0.320 e. The molecule has 166 valence electrons. The number of rotatable bonds is 10. The molecular weight excluding hydrogens is 406 g/mol. The van der Waals surface area contributed by atoms with Crippen LogP contribution in [0.3, 0.4) is 0 Å². The van der Waals surface area contributed by atoms with Gasteiger partial charge in [-0.25, -0.2) is 0 Å². The van der Waals surface area contributed by atoms with E-state index in [1.165, 1.54) is 0 Å². The minimum atomic E-state index is -1.07. The first-order valence-electron chi connectivity index (χ1n) is 10.7. The van der Waals surface area contributed by atoms with Crippen LogP contribution in [0.15, 0.2) is 73.1 Å². The zero-order chi connectivity index (χ0) is 22.8.